The lowest BCUT2D eigenvalue weighted by molar-refractivity contribution is -0.138. The molecule has 1 saturated heterocycles. The average molecular weight is 219 g/mol. The van der Waals surface area contributed by atoms with Crippen LogP contribution in [0.2, 0.25) is 0 Å². The summed E-state index contributed by atoms with van der Waals surface area (Å²) in [5.74, 6) is 2.52. The van der Waals surface area contributed by atoms with Crippen molar-refractivity contribution >= 4 is 11.8 Å². The second-order valence-corrected chi connectivity index (χ2v) is 4.39. The minimum absolute atomic E-state index is 0.0229. The zero-order chi connectivity index (χ0) is 10.2. The van der Waals surface area contributed by atoms with Gasteiger partial charge in [0.2, 0.25) is 0 Å². The summed E-state index contributed by atoms with van der Waals surface area (Å²) >= 11 is 2.00. The highest BCUT2D eigenvalue weighted by Gasteiger charge is 2.17. The van der Waals surface area contributed by atoms with Crippen LogP contribution in [0.3, 0.4) is 0 Å². The number of rotatable bonds is 8. The van der Waals surface area contributed by atoms with Gasteiger partial charge in [-0.05, 0) is 13.8 Å². The van der Waals surface area contributed by atoms with Crippen molar-refractivity contribution in [2.45, 2.75) is 32.6 Å². The van der Waals surface area contributed by atoms with E-state index < -0.39 is 0 Å². The predicted octanol–water partition coefficient (Wildman–Crippen LogP) is 1.48. The molecule has 0 radical (unpaired) electrons. The molecule has 0 aromatic carbocycles. The standard InChI is InChI=1S/C10H21NO2S/c1-3-12-10(13-4-2)5-6-11-9-7-14-8-9/h9-11H,3-8H2,1-2H3. The normalized spacial score (nSPS) is 17.4. The van der Waals surface area contributed by atoms with Crippen molar-refractivity contribution in [1.82, 2.24) is 5.32 Å². The van der Waals surface area contributed by atoms with Crippen molar-refractivity contribution in [3.63, 3.8) is 0 Å². The van der Waals surface area contributed by atoms with E-state index in [2.05, 4.69) is 5.32 Å². The van der Waals surface area contributed by atoms with Gasteiger partial charge in [0.1, 0.15) is 0 Å². The molecule has 4 heteroatoms. The lowest BCUT2D eigenvalue weighted by Crippen LogP contribution is -2.41. The van der Waals surface area contributed by atoms with Gasteiger partial charge >= 0.3 is 0 Å². The summed E-state index contributed by atoms with van der Waals surface area (Å²) < 4.78 is 10.9. The molecule has 0 amide bonds. The second kappa shape index (κ2) is 7.51. The Morgan fingerprint density at radius 1 is 1.29 bits per heavy atom. The summed E-state index contributed by atoms with van der Waals surface area (Å²) in [4.78, 5) is 0. The molecule has 3 nitrogen and oxygen atoms in total. The van der Waals surface area contributed by atoms with E-state index in [0.29, 0.717) is 0 Å². The Labute approximate surface area is 90.9 Å². The number of thioether (sulfide) groups is 1. The summed E-state index contributed by atoms with van der Waals surface area (Å²) in [6, 6.07) is 0.726. The molecule has 0 saturated carbocycles. The topological polar surface area (TPSA) is 30.5 Å². The van der Waals surface area contributed by atoms with E-state index in [0.717, 1.165) is 32.2 Å². The Hall–Kier alpha value is 0.230. The SMILES string of the molecule is CCOC(CCNC1CSC1)OCC. The Balaban J connectivity index is 1.99. The molecule has 0 bridgehead atoms. The molecule has 0 aromatic heterocycles. The van der Waals surface area contributed by atoms with Crippen molar-refractivity contribution in [3.8, 4) is 0 Å². The van der Waals surface area contributed by atoms with Crippen molar-refractivity contribution in [3.05, 3.63) is 0 Å². The van der Waals surface area contributed by atoms with Gasteiger partial charge in [0.25, 0.3) is 0 Å². The van der Waals surface area contributed by atoms with Crippen LogP contribution in [0.5, 0.6) is 0 Å². The highest BCUT2D eigenvalue weighted by molar-refractivity contribution is 8.00. The first kappa shape index (κ1) is 12.3. The van der Waals surface area contributed by atoms with E-state index in [4.69, 9.17) is 9.47 Å². The molecule has 1 fully saturated rings. The molecular formula is C10H21NO2S. The van der Waals surface area contributed by atoms with Crippen molar-refractivity contribution in [2.75, 3.05) is 31.3 Å². The fourth-order valence-electron chi connectivity index (χ4n) is 1.35. The second-order valence-electron chi connectivity index (χ2n) is 3.32. The van der Waals surface area contributed by atoms with Gasteiger partial charge in [-0.25, -0.2) is 0 Å². The Kier molecular flexibility index (Phi) is 6.60. The van der Waals surface area contributed by atoms with Gasteiger partial charge in [0.15, 0.2) is 6.29 Å². The molecular weight excluding hydrogens is 198 g/mol. The monoisotopic (exact) mass is 219 g/mol. The highest BCUT2D eigenvalue weighted by Crippen LogP contribution is 2.17. The maximum absolute atomic E-state index is 5.45. The maximum atomic E-state index is 5.45. The Bertz CT molecular complexity index is 136. The third-order valence-electron chi connectivity index (χ3n) is 2.16. The van der Waals surface area contributed by atoms with Gasteiger partial charge in [-0.2, -0.15) is 11.8 Å². The fourth-order valence-corrected chi connectivity index (χ4v) is 2.05. The van der Waals surface area contributed by atoms with Crippen LogP contribution in [0.4, 0.5) is 0 Å². The molecule has 1 aliphatic heterocycles. The average Bonchev–Trinajstić information content (AvgIpc) is 2.10. The number of hydrogen-bond donors (Lipinski definition) is 1. The van der Waals surface area contributed by atoms with Crippen molar-refractivity contribution in [1.29, 1.82) is 0 Å². The van der Waals surface area contributed by atoms with E-state index in [-0.39, 0.29) is 6.29 Å². The van der Waals surface area contributed by atoms with Crippen LogP contribution in [0.15, 0.2) is 0 Å². The lowest BCUT2D eigenvalue weighted by atomic mass is 10.3. The largest absolute Gasteiger partial charge is 0.353 e. The molecule has 1 rings (SSSR count). The first-order valence-corrected chi connectivity index (χ1v) is 6.56. The molecule has 0 unspecified atom stereocenters. The Morgan fingerprint density at radius 2 is 1.93 bits per heavy atom. The van der Waals surface area contributed by atoms with Gasteiger partial charge in [-0.1, -0.05) is 0 Å². The van der Waals surface area contributed by atoms with E-state index in [1.54, 1.807) is 0 Å². The van der Waals surface area contributed by atoms with Gasteiger partial charge in [0, 0.05) is 43.7 Å². The molecule has 14 heavy (non-hydrogen) atoms. The van der Waals surface area contributed by atoms with Crippen LogP contribution in [-0.4, -0.2) is 43.6 Å². The van der Waals surface area contributed by atoms with Crippen molar-refractivity contribution in [2.24, 2.45) is 0 Å². The van der Waals surface area contributed by atoms with Gasteiger partial charge in [-0.15, -0.1) is 0 Å². The molecule has 84 valence electrons. The van der Waals surface area contributed by atoms with E-state index in [9.17, 15) is 0 Å². The maximum Gasteiger partial charge on any atom is 0.158 e. The summed E-state index contributed by atoms with van der Waals surface area (Å²) in [7, 11) is 0. The molecule has 0 atom stereocenters. The Morgan fingerprint density at radius 3 is 2.36 bits per heavy atom. The minimum Gasteiger partial charge on any atom is -0.353 e. The molecule has 1 N–H and O–H groups in total. The van der Waals surface area contributed by atoms with Crippen molar-refractivity contribution < 1.29 is 9.47 Å². The van der Waals surface area contributed by atoms with Crippen LogP contribution < -0.4 is 5.32 Å². The van der Waals surface area contributed by atoms with E-state index in [1.165, 1.54) is 11.5 Å². The predicted molar refractivity (Wildman–Crippen MR) is 60.8 cm³/mol. The van der Waals surface area contributed by atoms with Gasteiger partial charge < -0.3 is 14.8 Å². The summed E-state index contributed by atoms with van der Waals surface area (Å²) in [6.45, 7) is 6.45. The molecule has 1 aliphatic rings. The quantitative estimate of drug-likeness (QED) is 0.626. The van der Waals surface area contributed by atoms with E-state index in [1.807, 2.05) is 25.6 Å². The molecule has 0 spiro atoms. The fraction of sp³-hybridized carbons (Fsp3) is 1.00. The first-order chi connectivity index (χ1) is 6.86. The van der Waals surface area contributed by atoms with Crippen LogP contribution >= 0.6 is 11.8 Å². The minimum atomic E-state index is -0.0229. The first-order valence-electron chi connectivity index (χ1n) is 5.41. The number of hydrogen-bond acceptors (Lipinski definition) is 4. The van der Waals surface area contributed by atoms with Crippen LogP contribution in [0, 0.1) is 0 Å². The van der Waals surface area contributed by atoms with Crippen LogP contribution in [-0.2, 0) is 9.47 Å². The molecule has 0 aromatic rings. The molecule has 1 heterocycles. The summed E-state index contributed by atoms with van der Waals surface area (Å²) in [6.07, 6.45) is 0.924. The number of ether oxygens (including phenoxy) is 2. The van der Waals surface area contributed by atoms with Gasteiger partial charge in [0.05, 0.1) is 0 Å². The number of nitrogens with one attached hydrogen (secondary N) is 1. The highest BCUT2D eigenvalue weighted by atomic mass is 32.2. The van der Waals surface area contributed by atoms with E-state index >= 15 is 0 Å². The third-order valence-corrected chi connectivity index (χ3v) is 3.43. The lowest BCUT2D eigenvalue weighted by Gasteiger charge is -2.27. The van der Waals surface area contributed by atoms with Crippen LogP contribution in [0.25, 0.3) is 0 Å². The molecule has 0 aliphatic carbocycles. The zero-order valence-electron chi connectivity index (χ0n) is 9.12. The van der Waals surface area contributed by atoms with Gasteiger partial charge in [-0.3, -0.25) is 0 Å². The van der Waals surface area contributed by atoms with Crippen LogP contribution in [0.1, 0.15) is 20.3 Å². The zero-order valence-corrected chi connectivity index (χ0v) is 9.94. The summed E-state index contributed by atoms with van der Waals surface area (Å²) in [5.41, 5.74) is 0. The summed E-state index contributed by atoms with van der Waals surface area (Å²) in [5, 5.41) is 3.49. The smallest absolute Gasteiger partial charge is 0.158 e. The third kappa shape index (κ3) is 4.64.